The maximum Gasteiger partial charge on any atom is 0.0786 e. The lowest BCUT2D eigenvalue weighted by Crippen LogP contribution is -2.11. The Morgan fingerprint density at radius 2 is 2.56 bits per heavy atom. The van der Waals surface area contributed by atoms with Crippen LogP contribution in [0.3, 0.4) is 0 Å². The fourth-order valence-corrected chi connectivity index (χ4v) is 1.10. The zero-order chi connectivity index (χ0) is 6.69. The van der Waals surface area contributed by atoms with E-state index in [-0.39, 0.29) is 6.10 Å². The lowest BCUT2D eigenvalue weighted by Gasteiger charge is -2.15. The van der Waals surface area contributed by atoms with Gasteiger partial charge in [-0.2, -0.15) is 0 Å². The minimum absolute atomic E-state index is 0.240. The predicted molar refractivity (Wildman–Crippen MR) is 38.1 cm³/mol. The Bertz CT molecular complexity index is 136. The molecule has 50 valence electrons. The molecule has 1 N–H and O–H groups in total. The van der Waals surface area contributed by atoms with Crippen LogP contribution in [-0.4, -0.2) is 11.2 Å². The van der Waals surface area contributed by atoms with Crippen molar-refractivity contribution in [3.05, 3.63) is 24.3 Å². The van der Waals surface area contributed by atoms with Crippen LogP contribution in [-0.2, 0) is 0 Å². The van der Waals surface area contributed by atoms with E-state index < -0.39 is 0 Å². The number of aliphatic hydroxyl groups excluding tert-OH is 1. The smallest absolute Gasteiger partial charge is 0.0786 e. The second kappa shape index (κ2) is 2.83. The highest BCUT2D eigenvalue weighted by atomic mass is 16.3. The van der Waals surface area contributed by atoms with Crippen molar-refractivity contribution in [2.75, 3.05) is 0 Å². The van der Waals surface area contributed by atoms with Crippen molar-refractivity contribution in [3.63, 3.8) is 0 Å². The van der Waals surface area contributed by atoms with Gasteiger partial charge in [0.25, 0.3) is 0 Å². The third-order valence-electron chi connectivity index (χ3n) is 1.68. The van der Waals surface area contributed by atoms with E-state index >= 15 is 0 Å². The van der Waals surface area contributed by atoms with Gasteiger partial charge in [-0.1, -0.05) is 18.7 Å². The highest BCUT2D eigenvalue weighted by molar-refractivity contribution is 5.22. The van der Waals surface area contributed by atoms with Crippen molar-refractivity contribution in [3.8, 4) is 0 Å². The summed E-state index contributed by atoms with van der Waals surface area (Å²) in [6, 6.07) is 0. The molecule has 1 heteroatoms. The summed E-state index contributed by atoms with van der Waals surface area (Å²) in [4.78, 5) is 0. The maximum absolute atomic E-state index is 9.23. The molecule has 0 saturated carbocycles. The van der Waals surface area contributed by atoms with Gasteiger partial charge in [0.05, 0.1) is 6.10 Å². The monoisotopic (exact) mass is 124 g/mol. The fraction of sp³-hybridized carbons (Fsp3) is 0.500. The predicted octanol–water partition coefficient (Wildman–Crippen LogP) is 1.64. The van der Waals surface area contributed by atoms with E-state index in [0.717, 1.165) is 24.8 Å². The lowest BCUT2D eigenvalue weighted by molar-refractivity contribution is 0.195. The van der Waals surface area contributed by atoms with E-state index in [1.165, 1.54) is 0 Å². The zero-order valence-electron chi connectivity index (χ0n) is 5.51. The Labute approximate surface area is 55.7 Å². The molecule has 0 aromatic heterocycles. The number of hydrogen-bond donors (Lipinski definition) is 1. The summed E-state index contributed by atoms with van der Waals surface area (Å²) in [5, 5.41) is 9.23. The molecule has 1 rings (SSSR count). The number of hydrogen-bond acceptors (Lipinski definition) is 1. The van der Waals surface area contributed by atoms with E-state index in [9.17, 15) is 5.11 Å². The van der Waals surface area contributed by atoms with Gasteiger partial charge in [-0.15, -0.1) is 0 Å². The van der Waals surface area contributed by atoms with Crippen LogP contribution in [0, 0.1) is 0 Å². The topological polar surface area (TPSA) is 20.2 Å². The second-order valence-electron chi connectivity index (χ2n) is 2.35. The summed E-state index contributed by atoms with van der Waals surface area (Å²) in [6.45, 7) is 3.61. The molecule has 0 heterocycles. The minimum atomic E-state index is -0.240. The van der Waals surface area contributed by atoms with Crippen molar-refractivity contribution in [1.82, 2.24) is 0 Å². The summed E-state index contributed by atoms with van der Waals surface area (Å²) in [6.07, 6.45) is 6.66. The van der Waals surface area contributed by atoms with Gasteiger partial charge < -0.3 is 5.11 Å². The Kier molecular flexibility index (Phi) is 2.06. The molecule has 0 aromatic rings. The van der Waals surface area contributed by atoms with E-state index in [4.69, 9.17) is 0 Å². The van der Waals surface area contributed by atoms with Crippen LogP contribution in [0.25, 0.3) is 0 Å². The van der Waals surface area contributed by atoms with Crippen LogP contribution in [0.15, 0.2) is 24.3 Å². The quantitative estimate of drug-likeness (QED) is 0.563. The molecule has 1 unspecified atom stereocenters. The molecule has 0 fully saturated rings. The van der Waals surface area contributed by atoms with Gasteiger partial charge in [0.1, 0.15) is 0 Å². The molecule has 0 bridgehead atoms. The molecule has 0 radical (unpaired) electrons. The lowest BCUT2D eigenvalue weighted by atomic mass is 9.97. The third kappa shape index (κ3) is 1.42. The minimum Gasteiger partial charge on any atom is -0.388 e. The molecule has 0 aromatic carbocycles. The van der Waals surface area contributed by atoms with Gasteiger partial charge in [-0.3, -0.25) is 0 Å². The molecule has 0 spiro atoms. The van der Waals surface area contributed by atoms with Crippen LogP contribution >= 0.6 is 0 Å². The first-order chi connectivity index (χ1) is 4.34. The number of aliphatic hydroxyl groups is 1. The Balaban J connectivity index is 2.63. The highest BCUT2D eigenvalue weighted by Gasteiger charge is 2.10. The van der Waals surface area contributed by atoms with Gasteiger partial charge >= 0.3 is 0 Å². The van der Waals surface area contributed by atoms with Gasteiger partial charge in [-0.05, 0) is 24.8 Å². The van der Waals surface area contributed by atoms with Crippen molar-refractivity contribution in [1.29, 1.82) is 0 Å². The van der Waals surface area contributed by atoms with Crippen molar-refractivity contribution in [2.45, 2.75) is 25.4 Å². The fourth-order valence-electron chi connectivity index (χ4n) is 1.10. The molecule has 1 aliphatic carbocycles. The highest BCUT2D eigenvalue weighted by Crippen LogP contribution is 2.18. The van der Waals surface area contributed by atoms with Crippen LogP contribution in [0.5, 0.6) is 0 Å². The summed E-state index contributed by atoms with van der Waals surface area (Å²) >= 11 is 0. The first-order valence-electron chi connectivity index (χ1n) is 3.35. The van der Waals surface area contributed by atoms with Gasteiger partial charge in [0.15, 0.2) is 0 Å². The molecule has 1 atom stereocenters. The van der Waals surface area contributed by atoms with E-state index in [0.29, 0.717) is 0 Å². The third-order valence-corrected chi connectivity index (χ3v) is 1.68. The Morgan fingerprint density at radius 3 is 3.00 bits per heavy atom. The maximum atomic E-state index is 9.23. The van der Waals surface area contributed by atoms with Crippen LogP contribution in [0.1, 0.15) is 19.3 Å². The van der Waals surface area contributed by atoms with E-state index in [2.05, 4.69) is 12.7 Å². The van der Waals surface area contributed by atoms with E-state index in [1.54, 1.807) is 6.08 Å². The Morgan fingerprint density at radius 1 is 1.78 bits per heavy atom. The number of allylic oxidation sites excluding steroid dienone is 1. The van der Waals surface area contributed by atoms with E-state index in [1.807, 2.05) is 0 Å². The standard InChI is InChI=1S/C8H12O/c1-2-7-5-3-4-6-8(7)9/h2,5,8-9H,1,3-4,6H2. The zero-order valence-corrected chi connectivity index (χ0v) is 5.51. The molecule has 9 heavy (non-hydrogen) atoms. The average molecular weight is 124 g/mol. The molecular weight excluding hydrogens is 112 g/mol. The van der Waals surface area contributed by atoms with Crippen LogP contribution < -0.4 is 0 Å². The van der Waals surface area contributed by atoms with Crippen molar-refractivity contribution < 1.29 is 5.11 Å². The summed E-state index contributed by atoms with van der Waals surface area (Å²) in [5.74, 6) is 0. The molecule has 0 aliphatic heterocycles. The molecular formula is C8H12O. The molecule has 1 aliphatic rings. The van der Waals surface area contributed by atoms with Crippen LogP contribution in [0.2, 0.25) is 0 Å². The first kappa shape index (κ1) is 6.56. The van der Waals surface area contributed by atoms with Gasteiger partial charge in [0, 0.05) is 0 Å². The summed E-state index contributed by atoms with van der Waals surface area (Å²) in [5.41, 5.74) is 1.00. The molecule has 0 amide bonds. The van der Waals surface area contributed by atoms with Gasteiger partial charge in [-0.25, -0.2) is 0 Å². The average Bonchev–Trinajstić information content (AvgIpc) is 1.89. The summed E-state index contributed by atoms with van der Waals surface area (Å²) < 4.78 is 0. The largest absolute Gasteiger partial charge is 0.388 e. The molecule has 1 nitrogen and oxygen atoms in total. The SMILES string of the molecule is C=CC1=CCCCC1O. The van der Waals surface area contributed by atoms with Crippen LogP contribution in [0.4, 0.5) is 0 Å². The number of rotatable bonds is 1. The van der Waals surface area contributed by atoms with Gasteiger partial charge in [0.2, 0.25) is 0 Å². The first-order valence-corrected chi connectivity index (χ1v) is 3.35. The van der Waals surface area contributed by atoms with Crippen molar-refractivity contribution >= 4 is 0 Å². The molecule has 0 saturated heterocycles. The van der Waals surface area contributed by atoms with Crippen molar-refractivity contribution in [2.24, 2.45) is 0 Å². The normalized spacial score (nSPS) is 27.2. The second-order valence-corrected chi connectivity index (χ2v) is 2.35. The Hall–Kier alpha value is -0.560. The summed E-state index contributed by atoms with van der Waals surface area (Å²) in [7, 11) is 0.